The Morgan fingerprint density at radius 1 is 0.281 bits per heavy atom. The van der Waals surface area contributed by atoms with Crippen LogP contribution in [0, 0.1) is 0 Å². The van der Waals surface area contributed by atoms with E-state index in [1.54, 1.807) is 0 Å². The normalized spacial score (nSPS) is 11.5. The predicted molar refractivity (Wildman–Crippen MR) is 231 cm³/mol. The minimum absolute atomic E-state index is 0.587. The molecule has 6 nitrogen and oxygen atoms in total. The number of hydrogen-bond donors (Lipinski definition) is 0. The van der Waals surface area contributed by atoms with Crippen LogP contribution in [0.4, 0.5) is 17.1 Å². The van der Waals surface area contributed by atoms with E-state index in [2.05, 4.69) is 114 Å². The highest BCUT2D eigenvalue weighted by molar-refractivity contribution is 6.08. The first-order valence-electron chi connectivity index (χ1n) is 18.9. The average Bonchev–Trinajstić information content (AvgIpc) is 3.85. The molecule has 11 rings (SSSR count). The zero-order chi connectivity index (χ0) is 37.7. The summed E-state index contributed by atoms with van der Waals surface area (Å²) in [7, 11) is 0. The molecule has 0 bridgehead atoms. The van der Waals surface area contributed by atoms with Gasteiger partial charge in [0.1, 0.15) is 22.3 Å². The van der Waals surface area contributed by atoms with Crippen LogP contribution in [-0.4, -0.2) is 15.0 Å². The molecule has 0 aliphatic heterocycles. The number of benzene rings is 8. The van der Waals surface area contributed by atoms with Crippen molar-refractivity contribution in [1.82, 2.24) is 15.0 Å². The zero-order valence-electron chi connectivity index (χ0n) is 30.6. The number of aromatic nitrogens is 3. The Bertz CT molecular complexity index is 3190. The molecule has 0 amide bonds. The van der Waals surface area contributed by atoms with Crippen LogP contribution in [0.2, 0.25) is 0 Å². The summed E-state index contributed by atoms with van der Waals surface area (Å²) in [5.74, 6) is 1.79. The summed E-state index contributed by atoms with van der Waals surface area (Å²) >= 11 is 0. The summed E-state index contributed by atoms with van der Waals surface area (Å²) in [5, 5.41) is 4.11. The third kappa shape index (κ3) is 5.88. The van der Waals surface area contributed by atoms with E-state index in [-0.39, 0.29) is 0 Å². The lowest BCUT2D eigenvalue weighted by atomic mass is 10.0. The quantitative estimate of drug-likeness (QED) is 0.162. The molecule has 0 N–H and O–H groups in total. The summed E-state index contributed by atoms with van der Waals surface area (Å²) in [6.07, 6.45) is 0. The smallest absolute Gasteiger partial charge is 0.164 e. The van der Waals surface area contributed by atoms with E-state index in [0.717, 1.165) is 88.8 Å². The third-order valence-electron chi connectivity index (χ3n) is 10.5. The Balaban J connectivity index is 0.964. The van der Waals surface area contributed by atoms with E-state index in [1.807, 2.05) is 84.9 Å². The van der Waals surface area contributed by atoms with Crippen molar-refractivity contribution in [2.45, 2.75) is 0 Å². The van der Waals surface area contributed by atoms with Gasteiger partial charge in [-0.3, -0.25) is 0 Å². The van der Waals surface area contributed by atoms with Gasteiger partial charge in [0.25, 0.3) is 0 Å². The fraction of sp³-hybridized carbons (Fsp3) is 0. The molecule has 0 aliphatic rings. The maximum atomic E-state index is 6.47. The molecule has 3 aromatic heterocycles. The molecule has 0 atom stereocenters. The van der Waals surface area contributed by atoms with Crippen molar-refractivity contribution in [3.8, 4) is 45.3 Å². The first kappa shape index (κ1) is 32.6. The van der Waals surface area contributed by atoms with E-state index in [4.69, 9.17) is 23.8 Å². The second-order valence-corrected chi connectivity index (χ2v) is 14.1. The highest BCUT2D eigenvalue weighted by Crippen LogP contribution is 2.38. The molecule has 0 unspecified atom stereocenters. The molecule has 8 aromatic carbocycles. The summed E-state index contributed by atoms with van der Waals surface area (Å²) in [4.78, 5) is 17.3. The maximum Gasteiger partial charge on any atom is 0.164 e. The van der Waals surface area contributed by atoms with Crippen molar-refractivity contribution in [3.63, 3.8) is 0 Å². The third-order valence-corrected chi connectivity index (χ3v) is 10.5. The Labute approximate surface area is 328 Å². The van der Waals surface area contributed by atoms with Gasteiger partial charge in [-0.1, -0.05) is 103 Å². The maximum absolute atomic E-state index is 6.47. The number of para-hydroxylation sites is 3. The van der Waals surface area contributed by atoms with Gasteiger partial charge in [-0.2, -0.15) is 0 Å². The topological polar surface area (TPSA) is 68.2 Å². The molecule has 0 saturated carbocycles. The molecule has 0 fully saturated rings. The number of fused-ring (bicyclic) bond motifs is 6. The molecule has 0 radical (unpaired) electrons. The van der Waals surface area contributed by atoms with Crippen molar-refractivity contribution in [2.75, 3.05) is 4.90 Å². The van der Waals surface area contributed by atoms with Gasteiger partial charge in [0.05, 0.1) is 0 Å². The highest BCUT2D eigenvalue weighted by atomic mass is 16.3. The van der Waals surface area contributed by atoms with Crippen LogP contribution in [0.5, 0.6) is 0 Å². The summed E-state index contributed by atoms with van der Waals surface area (Å²) in [6.45, 7) is 0. The first-order chi connectivity index (χ1) is 28.2. The standard InChI is InChI=1S/C51H32N4O2/c1-4-12-34(13-5-1)49-52-50(36-23-28-46-43(30-36)41-18-10-11-19-45(41)56-46)54-51(53-49)37-24-29-47-44(31-37)42-27-22-35(32-48(42)57-47)33-20-25-40(26-21-33)55(38-14-6-2-7-15-38)39-16-8-3-9-17-39/h1-32H. The van der Waals surface area contributed by atoms with Crippen LogP contribution in [0.25, 0.3) is 89.2 Å². The average molecular weight is 733 g/mol. The van der Waals surface area contributed by atoms with Crippen molar-refractivity contribution in [3.05, 3.63) is 194 Å². The Kier molecular flexibility index (Phi) is 7.71. The second-order valence-electron chi connectivity index (χ2n) is 14.1. The predicted octanol–water partition coefficient (Wildman–Crippen LogP) is 13.8. The van der Waals surface area contributed by atoms with Gasteiger partial charge in [0.2, 0.25) is 0 Å². The minimum Gasteiger partial charge on any atom is -0.456 e. The number of furan rings is 2. The van der Waals surface area contributed by atoms with Crippen LogP contribution in [0.3, 0.4) is 0 Å². The van der Waals surface area contributed by atoms with Gasteiger partial charge < -0.3 is 13.7 Å². The molecule has 0 saturated heterocycles. The molecular formula is C51H32N4O2. The fourth-order valence-electron chi connectivity index (χ4n) is 7.72. The molecule has 0 spiro atoms. The molecule has 11 aromatic rings. The van der Waals surface area contributed by atoms with Crippen molar-refractivity contribution < 1.29 is 8.83 Å². The molecule has 57 heavy (non-hydrogen) atoms. The van der Waals surface area contributed by atoms with Gasteiger partial charge in [-0.05, 0) is 102 Å². The molecular weight excluding hydrogens is 701 g/mol. The van der Waals surface area contributed by atoms with E-state index in [0.29, 0.717) is 17.5 Å². The van der Waals surface area contributed by atoms with E-state index >= 15 is 0 Å². The molecule has 268 valence electrons. The molecule has 0 aliphatic carbocycles. The number of rotatable bonds is 7. The van der Waals surface area contributed by atoms with Gasteiger partial charge >= 0.3 is 0 Å². The SMILES string of the molecule is c1ccc(-c2nc(-c3ccc4oc5ccccc5c4c3)nc(-c3ccc4oc5cc(-c6ccc(N(c7ccccc7)c7ccccc7)cc6)ccc5c4c3)n2)cc1. The van der Waals surface area contributed by atoms with Crippen LogP contribution in [0.15, 0.2) is 203 Å². The molecule has 3 heterocycles. The zero-order valence-corrected chi connectivity index (χ0v) is 30.6. The van der Waals surface area contributed by atoms with E-state index in [9.17, 15) is 0 Å². The second kappa shape index (κ2) is 13.5. The lowest BCUT2D eigenvalue weighted by Gasteiger charge is -2.25. The Morgan fingerprint density at radius 3 is 1.33 bits per heavy atom. The Hall–Kier alpha value is -7.83. The van der Waals surface area contributed by atoms with Gasteiger partial charge in [-0.15, -0.1) is 0 Å². The van der Waals surface area contributed by atoms with Crippen LogP contribution in [0.1, 0.15) is 0 Å². The van der Waals surface area contributed by atoms with Crippen LogP contribution >= 0.6 is 0 Å². The lowest BCUT2D eigenvalue weighted by Crippen LogP contribution is -2.09. The van der Waals surface area contributed by atoms with Crippen molar-refractivity contribution >= 4 is 60.9 Å². The van der Waals surface area contributed by atoms with Crippen LogP contribution in [-0.2, 0) is 0 Å². The monoisotopic (exact) mass is 732 g/mol. The lowest BCUT2D eigenvalue weighted by molar-refractivity contribution is 0.668. The van der Waals surface area contributed by atoms with Gasteiger partial charge in [0, 0.05) is 55.3 Å². The van der Waals surface area contributed by atoms with E-state index < -0.39 is 0 Å². The van der Waals surface area contributed by atoms with Gasteiger partial charge in [0.15, 0.2) is 17.5 Å². The Morgan fingerprint density at radius 2 is 0.719 bits per heavy atom. The number of nitrogens with zero attached hydrogens (tertiary/aromatic N) is 4. The van der Waals surface area contributed by atoms with E-state index in [1.165, 1.54) is 0 Å². The van der Waals surface area contributed by atoms with Gasteiger partial charge in [-0.25, -0.2) is 15.0 Å². The summed E-state index contributed by atoms with van der Waals surface area (Å²) < 4.78 is 12.6. The molecule has 6 heteroatoms. The highest BCUT2D eigenvalue weighted by Gasteiger charge is 2.17. The summed E-state index contributed by atoms with van der Waals surface area (Å²) in [6, 6.07) is 66.4. The fourth-order valence-corrected chi connectivity index (χ4v) is 7.72. The minimum atomic E-state index is 0.587. The van der Waals surface area contributed by atoms with Crippen molar-refractivity contribution in [1.29, 1.82) is 0 Å². The van der Waals surface area contributed by atoms with Crippen molar-refractivity contribution in [2.24, 2.45) is 0 Å². The largest absolute Gasteiger partial charge is 0.456 e. The summed E-state index contributed by atoms with van der Waals surface area (Å²) in [5.41, 5.74) is 11.5. The van der Waals surface area contributed by atoms with Crippen LogP contribution < -0.4 is 4.90 Å². The number of hydrogen-bond acceptors (Lipinski definition) is 6. The number of anilines is 3. The first-order valence-corrected chi connectivity index (χ1v) is 18.9.